The summed E-state index contributed by atoms with van der Waals surface area (Å²) in [5.74, 6) is -2.01. The number of halogens is 3. The molecule has 102 valence electrons. The molecule has 1 aromatic carbocycles. The van der Waals surface area contributed by atoms with E-state index in [1.54, 1.807) is 0 Å². The first-order valence-electron chi connectivity index (χ1n) is 5.29. The zero-order chi connectivity index (χ0) is 14.6. The molecule has 0 atom stereocenters. The van der Waals surface area contributed by atoms with Gasteiger partial charge in [0.1, 0.15) is 17.4 Å². The van der Waals surface area contributed by atoms with Crippen LogP contribution in [0.4, 0.5) is 13.2 Å². The van der Waals surface area contributed by atoms with Crippen LogP contribution in [0, 0.1) is 11.3 Å². The van der Waals surface area contributed by atoms with Gasteiger partial charge in [-0.05, 0) is 18.6 Å². The number of ether oxygens (including phenoxy) is 1. The molecule has 0 saturated carbocycles. The molecule has 0 aliphatic carbocycles. The zero-order valence-electron chi connectivity index (χ0n) is 9.91. The molecular weight excluding hydrogens is 263 g/mol. The highest BCUT2D eigenvalue weighted by molar-refractivity contribution is 5.74. The third-order valence-electron chi connectivity index (χ3n) is 2.31. The summed E-state index contributed by atoms with van der Waals surface area (Å²) in [4.78, 5) is 11.2. The lowest BCUT2D eigenvalue weighted by molar-refractivity contribution is -0.143. The second kappa shape index (κ2) is 5.61. The normalized spacial score (nSPS) is 10.9. The number of nitrogens with zero attached hydrogens (tertiary/aromatic N) is 1. The van der Waals surface area contributed by atoms with Crippen LogP contribution in [0.25, 0.3) is 0 Å². The maximum absolute atomic E-state index is 12.8. The van der Waals surface area contributed by atoms with E-state index in [2.05, 4.69) is 4.74 Å². The number of esters is 1. The highest BCUT2D eigenvalue weighted by atomic mass is 19.4. The van der Waals surface area contributed by atoms with Gasteiger partial charge in [0.15, 0.2) is 0 Å². The third-order valence-corrected chi connectivity index (χ3v) is 2.31. The summed E-state index contributed by atoms with van der Waals surface area (Å²) < 4.78 is 43.1. The average molecular weight is 273 g/mol. The smallest absolute Gasteiger partial charge is 0.420 e. The highest BCUT2D eigenvalue weighted by Crippen LogP contribution is 2.40. The molecule has 0 heterocycles. The van der Waals surface area contributed by atoms with Crippen LogP contribution in [-0.2, 0) is 22.1 Å². The Labute approximate surface area is 107 Å². The second-order valence-corrected chi connectivity index (χ2v) is 3.59. The van der Waals surface area contributed by atoms with Crippen molar-refractivity contribution in [3.05, 3.63) is 28.8 Å². The van der Waals surface area contributed by atoms with E-state index < -0.39 is 41.0 Å². The molecule has 1 aromatic rings. The first-order valence-corrected chi connectivity index (χ1v) is 5.29. The van der Waals surface area contributed by atoms with Gasteiger partial charge in [-0.2, -0.15) is 18.4 Å². The molecule has 0 unspecified atom stereocenters. The number of carbonyl (C=O) groups is 1. The average Bonchev–Trinajstić information content (AvgIpc) is 2.27. The van der Waals surface area contributed by atoms with Crippen LogP contribution in [0.5, 0.6) is 5.75 Å². The van der Waals surface area contributed by atoms with Crippen molar-refractivity contribution in [3.8, 4) is 11.8 Å². The van der Waals surface area contributed by atoms with Crippen molar-refractivity contribution >= 4 is 5.97 Å². The standard InChI is InChI=1S/C12H10F3NO3/c1-2-19-9(17)5-7-3-4-8(6-16)11(18)10(7)12(13,14)15/h3-4,18H,2,5H2,1H3. The third kappa shape index (κ3) is 3.37. The maximum Gasteiger partial charge on any atom is 0.420 e. The lowest BCUT2D eigenvalue weighted by Gasteiger charge is -2.14. The van der Waals surface area contributed by atoms with Crippen LogP contribution in [-0.4, -0.2) is 17.7 Å². The molecule has 0 fully saturated rings. The van der Waals surface area contributed by atoms with Crippen molar-refractivity contribution in [1.29, 1.82) is 5.26 Å². The molecule has 7 heteroatoms. The number of phenols is 1. The summed E-state index contributed by atoms with van der Waals surface area (Å²) in [6.45, 7) is 1.57. The SMILES string of the molecule is CCOC(=O)Cc1ccc(C#N)c(O)c1C(F)(F)F. The number of hydrogen-bond donors (Lipinski definition) is 1. The summed E-state index contributed by atoms with van der Waals surface area (Å²) in [5, 5.41) is 18.1. The molecule has 0 aliphatic rings. The van der Waals surface area contributed by atoms with Gasteiger partial charge in [0.2, 0.25) is 0 Å². The predicted octanol–water partition coefficient (Wildman–Crippen LogP) is 2.39. The molecule has 0 amide bonds. The quantitative estimate of drug-likeness (QED) is 0.858. The van der Waals surface area contributed by atoms with E-state index in [9.17, 15) is 23.1 Å². The number of hydrogen-bond acceptors (Lipinski definition) is 4. The van der Waals surface area contributed by atoms with Crippen molar-refractivity contribution in [2.24, 2.45) is 0 Å². The minimum absolute atomic E-state index is 0.0441. The minimum atomic E-state index is -4.86. The van der Waals surface area contributed by atoms with Gasteiger partial charge in [-0.3, -0.25) is 4.79 Å². The molecule has 1 N–H and O–H groups in total. The van der Waals surface area contributed by atoms with Crippen molar-refractivity contribution in [1.82, 2.24) is 0 Å². The van der Waals surface area contributed by atoms with Gasteiger partial charge in [0.05, 0.1) is 18.6 Å². The minimum Gasteiger partial charge on any atom is -0.506 e. The molecule has 19 heavy (non-hydrogen) atoms. The molecule has 4 nitrogen and oxygen atoms in total. The first kappa shape index (κ1) is 14.8. The number of benzene rings is 1. The maximum atomic E-state index is 12.8. The molecular formula is C12H10F3NO3. The van der Waals surface area contributed by atoms with E-state index >= 15 is 0 Å². The largest absolute Gasteiger partial charge is 0.506 e. The summed E-state index contributed by atoms with van der Waals surface area (Å²) in [5.41, 5.74) is -2.30. The van der Waals surface area contributed by atoms with E-state index in [0.29, 0.717) is 0 Å². The molecule has 0 spiro atoms. The highest BCUT2D eigenvalue weighted by Gasteiger charge is 2.38. The lowest BCUT2D eigenvalue weighted by atomic mass is 9.99. The van der Waals surface area contributed by atoms with Gasteiger partial charge in [-0.25, -0.2) is 0 Å². The Hall–Kier alpha value is -2.23. The Bertz CT molecular complexity index is 532. The Morgan fingerprint density at radius 3 is 2.58 bits per heavy atom. The van der Waals surface area contributed by atoms with Crippen LogP contribution in [0.15, 0.2) is 12.1 Å². The van der Waals surface area contributed by atoms with Crippen molar-refractivity contribution in [3.63, 3.8) is 0 Å². The molecule has 0 bridgehead atoms. The Kier molecular flexibility index (Phi) is 4.38. The second-order valence-electron chi connectivity index (χ2n) is 3.59. The number of nitriles is 1. The van der Waals surface area contributed by atoms with Gasteiger partial charge < -0.3 is 9.84 Å². The molecule has 0 saturated heterocycles. The zero-order valence-corrected chi connectivity index (χ0v) is 9.91. The van der Waals surface area contributed by atoms with Crippen molar-refractivity contribution < 1.29 is 27.8 Å². The van der Waals surface area contributed by atoms with E-state index in [1.807, 2.05) is 0 Å². The monoisotopic (exact) mass is 273 g/mol. The first-order chi connectivity index (χ1) is 8.81. The number of alkyl halides is 3. The lowest BCUT2D eigenvalue weighted by Crippen LogP contribution is -2.15. The van der Waals surface area contributed by atoms with Gasteiger partial charge in [-0.1, -0.05) is 6.07 Å². The number of phenolic OH excluding ortho intramolecular Hbond substituents is 1. The number of rotatable bonds is 3. The van der Waals surface area contributed by atoms with E-state index in [-0.39, 0.29) is 6.61 Å². The van der Waals surface area contributed by atoms with Gasteiger partial charge >= 0.3 is 12.1 Å². The van der Waals surface area contributed by atoms with Crippen LogP contribution in [0.1, 0.15) is 23.6 Å². The summed E-state index contributed by atoms with van der Waals surface area (Å²) in [6, 6.07) is 3.46. The Morgan fingerprint density at radius 1 is 1.47 bits per heavy atom. The van der Waals surface area contributed by atoms with Crippen LogP contribution in [0.3, 0.4) is 0 Å². The fourth-order valence-corrected chi connectivity index (χ4v) is 1.55. The summed E-state index contributed by atoms with van der Waals surface area (Å²) in [7, 11) is 0. The molecule has 0 aliphatic heterocycles. The fraction of sp³-hybridized carbons (Fsp3) is 0.333. The van der Waals surface area contributed by atoms with Gasteiger partial charge in [0, 0.05) is 0 Å². The molecule has 0 aromatic heterocycles. The van der Waals surface area contributed by atoms with Crippen LogP contribution >= 0.6 is 0 Å². The predicted molar refractivity (Wildman–Crippen MR) is 58.2 cm³/mol. The van der Waals surface area contributed by atoms with E-state index in [4.69, 9.17) is 5.26 Å². The summed E-state index contributed by atoms with van der Waals surface area (Å²) >= 11 is 0. The molecule has 0 radical (unpaired) electrons. The Morgan fingerprint density at radius 2 is 2.11 bits per heavy atom. The number of carbonyl (C=O) groups excluding carboxylic acids is 1. The van der Waals surface area contributed by atoms with Crippen LogP contribution < -0.4 is 0 Å². The molecule has 1 rings (SSSR count). The number of aromatic hydroxyl groups is 1. The van der Waals surface area contributed by atoms with Gasteiger partial charge in [-0.15, -0.1) is 0 Å². The van der Waals surface area contributed by atoms with Gasteiger partial charge in [0.25, 0.3) is 0 Å². The van der Waals surface area contributed by atoms with Crippen molar-refractivity contribution in [2.45, 2.75) is 19.5 Å². The summed E-state index contributed by atoms with van der Waals surface area (Å²) in [6.07, 6.45) is -5.49. The van der Waals surface area contributed by atoms with Crippen LogP contribution in [0.2, 0.25) is 0 Å². The van der Waals surface area contributed by atoms with E-state index in [0.717, 1.165) is 12.1 Å². The van der Waals surface area contributed by atoms with E-state index in [1.165, 1.54) is 13.0 Å². The topological polar surface area (TPSA) is 70.3 Å². The fourth-order valence-electron chi connectivity index (χ4n) is 1.55. The Balaban J connectivity index is 3.29. The van der Waals surface area contributed by atoms with Crippen molar-refractivity contribution in [2.75, 3.05) is 6.61 Å².